The summed E-state index contributed by atoms with van der Waals surface area (Å²) in [5.41, 5.74) is 0. The molecule has 18 heavy (non-hydrogen) atoms. The summed E-state index contributed by atoms with van der Waals surface area (Å²) in [6, 6.07) is 0.562. The molecule has 102 valence electrons. The molecule has 1 aromatic rings. The van der Waals surface area contributed by atoms with Crippen molar-refractivity contribution in [1.82, 2.24) is 9.55 Å². The Kier molecular flexibility index (Phi) is 4.64. The van der Waals surface area contributed by atoms with E-state index in [0.717, 1.165) is 30.9 Å². The monoisotopic (exact) mass is 251 g/mol. The molecule has 0 amide bonds. The van der Waals surface area contributed by atoms with Crippen LogP contribution in [0.25, 0.3) is 0 Å². The van der Waals surface area contributed by atoms with Gasteiger partial charge >= 0.3 is 0 Å². The molecular formula is C14H25N3O. The second-order valence-corrected chi connectivity index (χ2v) is 5.70. The maximum atomic E-state index is 5.12. The van der Waals surface area contributed by atoms with Crippen LogP contribution in [0.2, 0.25) is 0 Å². The minimum Gasteiger partial charge on any atom is -0.383 e. The quantitative estimate of drug-likeness (QED) is 0.874. The van der Waals surface area contributed by atoms with Crippen molar-refractivity contribution in [2.75, 3.05) is 19.0 Å². The molecule has 0 bridgehead atoms. The molecule has 2 unspecified atom stereocenters. The number of imidazole rings is 1. The van der Waals surface area contributed by atoms with Crippen molar-refractivity contribution in [3.63, 3.8) is 0 Å². The van der Waals surface area contributed by atoms with Gasteiger partial charge in [-0.3, -0.25) is 0 Å². The first-order chi connectivity index (χ1) is 8.69. The van der Waals surface area contributed by atoms with E-state index in [4.69, 9.17) is 4.74 Å². The van der Waals surface area contributed by atoms with Crippen LogP contribution < -0.4 is 5.32 Å². The number of ether oxygens (including phenoxy) is 1. The van der Waals surface area contributed by atoms with Gasteiger partial charge in [-0.25, -0.2) is 4.98 Å². The summed E-state index contributed by atoms with van der Waals surface area (Å²) in [6.45, 7) is 6.28. The fourth-order valence-corrected chi connectivity index (χ4v) is 3.07. The van der Waals surface area contributed by atoms with E-state index in [2.05, 4.69) is 28.7 Å². The van der Waals surface area contributed by atoms with E-state index in [0.29, 0.717) is 6.04 Å². The van der Waals surface area contributed by atoms with Crippen molar-refractivity contribution in [2.45, 2.75) is 45.7 Å². The number of rotatable bonds is 5. The van der Waals surface area contributed by atoms with Crippen molar-refractivity contribution in [3.8, 4) is 0 Å². The van der Waals surface area contributed by atoms with E-state index in [1.807, 2.05) is 12.4 Å². The van der Waals surface area contributed by atoms with Gasteiger partial charge in [-0.2, -0.15) is 0 Å². The number of nitrogens with one attached hydrogen (secondary N) is 1. The fraction of sp³-hybridized carbons (Fsp3) is 0.786. The number of hydrogen-bond donors (Lipinski definition) is 1. The highest BCUT2D eigenvalue weighted by Gasteiger charge is 2.24. The van der Waals surface area contributed by atoms with Gasteiger partial charge in [0.05, 0.1) is 6.61 Å². The number of methoxy groups -OCH3 is 1. The summed E-state index contributed by atoms with van der Waals surface area (Å²) in [4.78, 5) is 4.41. The van der Waals surface area contributed by atoms with E-state index >= 15 is 0 Å². The molecule has 1 fully saturated rings. The standard InChI is InChI=1S/C14H25N3O/c1-11-8-12(2)10-13(9-11)16-14-15-4-5-17(14)6-7-18-3/h4-5,11-13H,6-10H2,1-3H3,(H,15,16). The van der Waals surface area contributed by atoms with E-state index in [1.165, 1.54) is 19.3 Å². The highest BCUT2D eigenvalue weighted by atomic mass is 16.5. The zero-order chi connectivity index (χ0) is 13.0. The normalized spacial score (nSPS) is 28.3. The Labute approximate surface area is 110 Å². The maximum Gasteiger partial charge on any atom is 0.203 e. The Bertz CT molecular complexity index is 354. The van der Waals surface area contributed by atoms with Gasteiger partial charge in [0.15, 0.2) is 0 Å². The summed E-state index contributed by atoms with van der Waals surface area (Å²) >= 11 is 0. The molecule has 1 saturated carbocycles. The molecule has 1 heterocycles. The second kappa shape index (κ2) is 6.23. The molecule has 1 N–H and O–H groups in total. The lowest BCUT2D eigenvalue weighted by Crippen LogP contribution is -2.31. The Morgan fingerprint density at radius 2 is 2.06 bits per heavy atom. The smallest absolute Gasteiger partial charge is 0.203 e. The zero-order valence-electron chi connectivity index (χ0n) is 11.7. The maximum absolute atomic E-state index is 5.12. The van der Waals surface area contributed by atoms with Crippen molar-refractivity contribution < 1.29 is 4.74 Å². The lowest BCUT2D eigenvalue weighted by molar-refractivity contribution is 0.187. The number of aromatic nitrogens is 2. The van der Waals surface area contributed by atoms with Gasteiger partial charge in [0.1, 0.15) is 0 Å². The van der Waals surface area contributed by atoms with Crippen LogP contribution >= 0.6 is 0 Å². The molecule has 0 aliphatic heterocycles. The van der Waals surface area contributed by atoms with Gasteiger partial charge in [-0.1, -0.05) is 13.8 Å². The topological polar surface area (TPSA) is 39.1 Å². The third-order valence-electron chi connectivity index (χ3n) is 3.76. The minimum atomic E-state index is 0.562. The largest absolute Gasteiger partial charge is 0.383 e. The predicted molar refractivity (Wildman–Crippen MR) is 73.7 cm³/mol. The average Bonchev–Trinajstić information content (AvgIpc) is 2.72. The van der Waals surface area contributed by atoms with Crippen molar-refractivity contribution >= 4 is 5.95 Å². The second-order valence-electron chi connectivity index (χ2n) is 5.70. The molecule has 4 nitrogen and oxygen atoms in total. The van der Waals surface area contributed by atoms with Crippen molar-refractivity contribution in [3.05, 3.63) is 12.4 Å². The highest BCUT2D eigenvalue weighted by Crippen LogP contribution is 2.30. The lowest BCUT2D eigenvalue weighted by atomic mass is 9.80. The first-order valence-corrected chi connectivity index (χ1v) is 6.95. The first kappa shape index (κ1) is 13.4. The molecule has 1 aliphatic carbocycles. The number of anilines is 1. The van der Waals surface area contributed by atoms with Gasteiger partial charge in [0.25, 0.3) is 0 Å². The minimum absolute atomic E-state index is 0.562. The molecule has 1 aromatic heterocycles. The summed E-state index contributed by atoms with van der Waals surface area (Å²) in [6.07, 6.45) is 7.73. The average molecular weight is 251 g/mol. The number of hydrogen-bond acceptors (Lipinski definition) is 3. The molecule has 0 aromatic carbocycles. The molecule has 2 atom stereocenters. The van der Waals surface area contributed by atoms with Crippen LogP contribution in [0.3, 0.4) is 0 Å². The third-order valence-corrected chi connectivity index (χ3v) is 3.76. The molecule has 0 spiro atoms. The van der Waals surface area contributed by atoms with Gasteiger partial charge < -0.3 is 14.6 Å². The molecular weight excluding hydrogens is 226 g/mol. The summed E-state index contributed by atoms with van der Waals surface area (Å²) < 4.78 is 7.25. The van der Waals surface area contributed by atoms with Crippen molar-refractivity contribution in [1.29, 1.82) is 0 Å². The van der Waals surface area contributed by atoms with E-state index in [9.17, 15) is 0 Å². The fourth-order valence-electron chi connectivity index (χ4n) is 3.07. The highest BCUT2D eigenvalue weighted by molar-refractivity contribution is 5.27. The molecule has 0 radical (unpaired) electrons. The Balaban J connectivity index is 1.94. The van der Waals surface area contributed by atoms with Crippen LogP contribution in [0.5, 0.6) is 0 Å². The van der Waals surface area contributed by atoms with Crippen LogP contribution in [-0.4, -0.2) is 29.3 Å². The predicted octanol–water partition coefficient (Wildman–Crippen LogP) is 2.77. The zero-order valence-corrected chi connectivity index (χ0v) is 11.7. The van der Waals surface area contributed by atoms with Crippen LogP contribution in [-0.2, 0) is 11.3 Å². The molecule has 2 rings (SSSR count). The Morgan fingerprint density at radius 3 is 2.72 bits per heavy atom. The molecule has 0 saturated heterocycles. The van der Waals surface area contributed by atoms with Gasteiger partial charge in [-0.05, 0) is 31.1 Å². The van der Waals surface area contributed by atoms with Crippen LogP contribution in [0.1, 0.15) is 33.1 Å². The first-order valence-electron chi connectivity index (χ1n) is 6.95. The van der Waals surface area contributed by atoms with Crippen LogP contribution in [0, 0.1) is 11.8 Å². The van der Waals surface area contributed by atoms with E-state index in [1.54, 1.807) is 7.11 Å². The summed E-state index contributed by atoms with van der Waals surface area (Å²) in [5, 5.41) is 3.60. The number of nitrogens with zero attached hydrogens (tertiary/aromatic N) is 2. The van der Waals surface area contributed by atoms with Crippen LogP contribution in [0.4, 0.5) is 5.95 Å². The molecule has 4 heteroatoms. The van der Waals surface area contributed by atoms with Gasteiger partial charge in [0.2, 0.25) is 5.95 Å². The third kappa shape index (κ3) is 3.48. The van der Waals surface area contributed by atoms with Crippen molar-refractivity contribution in [2.24, 2.45) is 11.8 Å². The Morgan fingerprint density at radius 1 is 1.33 bits per heavy atom. The Hall–Kier alpha value is -1.03. The van der Waals surface area contributed by atoms with Crippen LogP contribution in [0.15, 0.2) is 12.4 Å². The van der Waals surface area contributed by atoms with E-state index in [-0.39, 0.29) is 0 Å². The summed E-state index contributed by atoms with van der Waals surface area (Å²) in [7, 11) is 1.73. The lowest BCUT2D eigenvalue weighted by Gasteiger charge is -2.32. The SMILES string of the molecule is COCCn1ccnc1NC1CC(C)CC(C)C1. The summed E-state index contributed by atoms with van der Waals surface area (Å²) in [5.74, 6) is 2.61. The molecule has 1 aliphatic rings. The van der Waals surface area contributed by atoms with Gasteiger partial charge in [-0.15, -0.1) is 0 Å². The van der Waals surface area contributed by atoms with Gasteiger partial charge in [0, 0.05) is 32.1 Å². The van der Waals surface area contributed by atoms with E-state index < -0.39 is 0 Å².